The van der Waals surface area contributed by atoms with E-state index in [2.05, 4.69) is 38.0 Å². The van der Waals surface area contributed by atoms with E-state index in [0.29, 0.717) is 11.1 Å². The Kier molecular flexibility index (Phi) is 7.84. The van der Waals surface area contributed by atoms with Crippen molar-refractivity contribution < 1.29 is 5.11 Å². The predicted octanol–water partition coefficient (Wildman–Crippen LogP) is 4.28. The van der Waals surface area contributed by atoms with E-state index in [-0.39, 0.29) is 43.7 Å². The second-order valence-corrected chi connectivity index (χ2v) is 10.6. The van der Waals surface area contributed by atoms with Gasteiger partial charge in [-0.15, -0.1) is 0 Å². The Hall–Kier alpha value is -2.03. The number of rotatable bonds is 4. The van der Waals surface area contributed by atoms with Gasteiger partial charge in [0.1, 0.15) is 10.8 Å². The van der Waals surface area contributed by atoms with E-state index in [4.69, 9.17) is 28.2 Å². The van der Waals surface area contributed by atoms with Gasteiger partial charge in [0.2, 0.25) is 0 Å². The molecular weight excluding hydrogens is 432 g/mol. The second kappa shape index (κ2) is 9.63. The molecule has 0 bridgehead atoms. The Morgan fingerprint density at radius 2 is 1.87 bits per heavy atom. The van der Waals surface area contributed by atoms with Gasteiger partial charge in [0.25, 0.3) is 0 Å². The van der Waals surface area contributed by atoms with Gasteiger partial charge in [-0.25, -0.2) is 0 Å². The molecule has 1 heterocycles. The SMILES string of the molecule is CN=CC(=CN)c1cc(O)c(C(=N)SC(=N)N(C)C2CC(C)(C)NC(C)(C)C2)c(Cl)c1. The summed E-state index contributed by atoms with van der Waals surface area (Å²) in [4.78, 5) is 5.85. The van der Waals surface area contributed by atoms with Crippen molar-refractivity contribution in [1.29, 1.82) is 10.8 Å². The van der Waals surface area contributed by atoms with Crippen molar-refractivity contribution in [2.45, 2.75) is 57.7 Å². The molecule has 0 saturated carbocycles. The first-order chi connectivity index (χ1) is 14.3. The number of allylic oxidation sites excluding steroid dienone is 1. The minimum atomic E-state index is -0.136. The molecule has 0 amide bonds. The molecule has 0 radical (unpaired) electrons. The quantitative estimate of drug-likeness (QED) is 0.336. The maximum Gasteiger partial charge on any atom is 0.162 e. The molecular formula is C22H33ClN6OS. The number of amidine groups is 1. The Morgan fingerprint density at radius 3 is 2.35 bits per heavy atom. The molecule has 1 aliphatic rings. The third-order valence-electron chi connectivity index (χ3n) is 5.31. The molecule has 1 aliphatic heterocycles. The first kappa shape index (κ1) is 25.2. The topological polar surface area (TPSA) is 122 Å². The van der Waals surface area contributed by atoms with Crippen LogP contribution in [0.2, 0.25) is 5.02 Å². The Bertz CT molecular complexity index is 886. The molecule has 1 fully saturated rings. The van der Waals surface area contributed by atoms with Crippen LogP contribution in [0.15, 0.2) is 23.3 Å². The highest BCUT2D eigenvalue weighted by molar-refractivity contribution is 8.26. The van der Waals surface area contributed by atoms with Crippen LogP contribution in [-0.2, 0) is 0 Å². The average molecular weight is 465 g/mol. The van der Waals surface area contributed by atoms with E-state index >= 15 is 0 Å². The summed E-state index contributed by atoms with van der Waals surface area (Å²) >= 11 is 7.37. The number of hydrogen-bond donors (Lipinski definition) is 5. The van der Waals surface area contributed by atoms with Crippen LogP contribution in [-0.4, -0.2) is 57.6 Å². The minimum absolute atomic E-state index is 0.0146. The van der Waals surface area contributed by atoms with Crippen molar-refractivity contribution in [2.24, 2.45) is 10.7 Å². The van der Waals surface area contributed by atoms with Gasteiger partial charge >= 0.3 is 0 Å². The zero-order chi connectivity index (χ0) is 23.6. The van der Waals surface area contributed by atoms with E-state index < -0.39 is 0 Å². The van der Waals surface area contributed by atoms with Gasteiger partial charge in [0.05, 0.1) is 10.6 Å². The largest absolute Gasteiger partial charge is 0.507 e. The number of benzene rings is 1. The summed E-state index contributed by atoms with van der Waals surface area (Å²) in [6.07, 6.45) is 4.72. The van der Waals surface area contributed by atoms with Crippen molar-refractivity contribution in [3.63, 3.8) is 0 Å². The van der Waals surface area contributed by atoms with Crippen LogP contribution in [0.3, 0.4) is 0 Å². The summed E-state index contributed by atoms with van der Waals surface area (Å²) < 4.78 is 0. The van der Waals surface area contributed by atoms with E-state index in [1.54, 1.807) is 19.3 Å². The fourth-order valence-corrected chi connectivity index (χ4v) is 5.43. The lowest BCUT2D eigenvalue weighted by atomic mass is 9.79. The third kappa shape index (κ3) is 6.24. The molecule has 9 heteroatoms. The normalized spacial score (nSPS) is 18.9. The maximum absolute atomic E-state index is 10.5. The number of phenolic OH excluding ortho intramolecular Hbond substituents is 1. The number of nitrogens with zero attached hydrogens (tertiary/aromatic N) is 2. The van der Waals surface area contributed by atoms with Crippen molar-refractivity contribution >= 4 is 45.4 Å². The minimum Gasteiger partial charge on any atom is -0.507 e. The van der Waals surface area contributed by atoms with Crippen LogP contribution < -0.4 is 11.1 Å². The van der Waals surface area contributed by atoms with Crippen LogP contribution in [0.1, 0.15) is 51.7 Å². The molecule has 0 unspecified atom stereocenters. The number of phenols is 1. The molecule has 6 N–H and O–H groups in total. The summed E-state index contributed by atoms with van der Waals surface area (Å²) in [5, 5.41) is 31.7. The number of aliphatic imine (C=N–C) groups is 1. The fraction of sp³-hybridized carbons (Fsp3) is 0.500. The number of nitrogens with two attached hydrogens (primary N) is 1. The predicted molar refractivity (Wildman–Crippen MR) is 134 cm³/mol. The van der Waals surface area contributed by atoms with Gasteiger partial charge in [-0.3, -0.25) is 15.8 Å². The van der Waals surface area contributed by atoms with Gasteiger partial charge in [-0.1, -0.05) is 11.6 Å². The van der Waals surface area contributed by atoms with Gasteiger partial charge in [0.15, 0.2) is 5.17 Å². The lowest BCUT2D eigenvalue weighted by molar-refractivity contribution is 0.114. The van der Waals surface area contributed by atoms with E-state index in [1.165, 1.54) is 12.3 Å². The first-order valence-electron chi connectivity index (χ1n) is 10.0. The summed E-state index contributed by atoms with van der Waals surface area (Å²) in [7, 11) is 3.51. The van der Waals surface area contributed by atoms with Crippen LogP contribution >= 0.6 is 23.4 Å². The third-order valence-corrected chi connectivity index (χ3v) is 6.50. The highest BCUT2D eigenvalue weighted by Gasteiger charge is 2.39. The standard InChI is InChI=1S/C22H33ClN6OS/c1-21(2)9-15(10-22(3,4)28-21)29(6)20(26)31-19(25)18-16(23)7-13(8-17(18)30)14(11-24)12-27-5/h7-8,11-12,15,25-26,28,30H,9-10,24H2,1-6H3. The van der Waals surface area contributed by atoms with Gasteiger partial charge in [-0.2, -0.15) is 0 Å². The second-order valence-electron chi connectivity index (χ2n) is 9.16. The lowest BCUT2D eigenvalue weighted by Gasteiger charge is -2.49. The molecule has 1 saturated heterocycles. The molecule has 0 atom stereocenters. The molecule has 1 aromatic rings. The average Bonchev–Trinajstić information content (AvgIpc) is 2.62. The Morgan fingerprint density at radius 1 is 1.29 bits per heavy atom. The highest BCUT2D eigenvalue weighted by Crippen LogP contribution is 2.35. The number of nitrogens with one attached hydrogen (secondary N) is 3. The summed E-state index contributed by atoms with van der Waals surface area (Å²) in [5.74, 6) is -0.136. The zero-order valence-corrected chi connectivity index (χ0v) is 20.6. The number of aromatic hydroxyl groups is 1. The van der Waals surface area contributed by atoms with Crippen molar-refractivity contribution in [3.8, 4) is 5.75 Å². The van der Waals surface area contributed by atoms with E-state index in [9.17, 15) is 5.11 Å². The molecule has 0 aromatic heterocycles. The summed E-state index contributed by atoms with van der Waals surface area (Å²) in [6, 6.07) is 3.30. The monoisotopic (exact) mass is 464 g/mol. The fourth-order valence-electron chi connectivity index (χ4n) is 4.26. The van der Waals surface area contributed by atoms with Crippen LogP contribution in [0.4, 0.5) is 0 Å². The summed E-state index contributed by atoms with van der Waals surface area (Å²) in [6.45, 7) is 8.67. The van der Waals surface area contributed by atoms with Crippen LogP contribution in [0.25, 0.3) is 5.57 Å². The van der Waals surface area contributed by atoms with Crippen molar-refractivity contribution in [3.05, 3.63) is 34.5 Å². The van der Waals surface area contributed by atoms with Crippen molar-refractivity contribution in [1.82, 2.24) is 10.2 Å². The molecule has 0 aliphatic carbocycles. The van der Waals surface area contributed by atoms with Gasteiger partial charge in [0, 0.05) is 49.2 Å². The lowest BCUT2D eigenvalue weighted by Crippen LogP contribution is -2.62. The number of halogens is 1. The first-order valence-corrected chi connectivity index (χ1v) is 11.2. The van der Waals surface area contributed by atoms with Gasteiger partial charge in [-0.05, 0) is 70.0 Å². The molecule has 2 rings (SSSR count). The highest BCUT2D eigenvalue weighted by atomic mass is 35.5. The number of piperidine rings is 1. The van der Waals surface area contributed by atoms with E-state index in [0.717, 1.165) is 24.6 Å². The van der Waals surface area contributed by atoms with Crippen LogP contribution in [0.5, 0.6) is 5.75 Å². The molecule has 7 nitrogen and oxygen atoms in total. The van der Waals surface area contributed by atoms with Crippen molar-refractivity contribution in [2.75, 3.05) is 14.1 Å². The number of hydrogen-bond acceptors (Lipinski definition) is 7. The molecule has 0 spiro atoms. The molecule has 31 heavy (non-hydrogen) atoms. The number of thioether (sulfide) groups is 1. The smallest absolute Gasteiger partial charge is 0.162 e. The Labute approximate surface area is 194 Å². The molecule has 170 valence electrons. The van der Waals surface area contributed by atoms with Gasteiger partial charge < -0.3 is 21.1 Å². The Balaban J connectivity index is 2.20. The zero-order valence-electron chi connectivity index (χ0n) is 19.0. The summed E-state index contributed by atoms with van der Waals surface area (Å²) in [5.41, 5.74) is 6.94. The van der Waals surface area contributed by atoms with Crippen LogP contribution in [0, 0.1) is 10.8 Å². The van der Waals surface area contributed by atoms with E-state index in [1.807, 2.05) is 11.9 Å². The maximum atomic E-state index is 10.5. The molecule has 1 aromatic carbocycles.